The van der Waals surface area contributed by atoms with Crippen molar-refractivity contribution in [3.05, 3.63) is 34.6 Å². The Kier molecular flexibility index (Phi) is 4.79. The first-order valence-corrected chi connectivity index (χ1v) is 8.15. The normalized spacial score (nSPS) is 25.6. The van der Waals surface area contributed by atoms with Crippen LogP contribution in [0.25, 0.3) is 0 Å². The van der Waals surface area contributed by atoms with Gasteiger partial charge < -0.3 is 5.73 Å². The van der Waals surface area contributed by atoms with E-state index in [1.807, 2.05) is 6.07 Å². The molecule has 1 unspecified atom stereocenters. The Morgan fingerprint density at radius 1 is 1.19 bits per heavy atom. The smallest absolute Gasteiger partial charge is 0.142 e. The van der Waals surface area contributed by atoms with Crippen LogP contribution in [0.5, 0.6) is 0 Å². The summed E-state index contributed by atoms with van der Waals surface area (Å²) < 4.78 is 13.5. The van der Waals surface area contributed by atoms with Gasteiger partial charge in [0.1, 0.15) is 5.82 Å². The van der Waals surface area contributed by atoms with E-state index in [0.29, 0.717) is 12.1 Å². The predicted octanol–water partition coefficient (Wildman–Crippen LogP) is 2.48. The fourth-order valence-corrected chi connectivity index (χ4v) is 3.55. The highest BCUT2D eigenvalue weighted by molar-refractivity contribution is 6.30. The molecule has 3 rings (SSSR count). The highest BCUT2D eigenvalue weighted by atomic mass is 35.5. The van der Waals surface area contributed by atoms with E-state index in [0.717, 1.165) is 51.1 Å². The molecule has 0 amide bonds. The zero-order chi connectivity index (χ0) is 14.8. The summed E-state index contributed by atoms with van der Waals surface area (Å²) in [5, 5.41) is 0.197. The molecular formula is C16H23ClFN3. The number of hydrogen-bond donors (Lipinski definition) is 1. The fraction of sp³-hybridized carbons (Fsp3) is 0.625. The fourth-order valence-electron chi connectivity index (χ4n) is 3.43. The first-order chi connectivity index (χ1) is 10.1. The molecule has 0 aromatic heterocycles. The summed E-state index contributed by atoms with van der Waals surface area (Å²) in [5.74, 6) is -0.324. The van der Waals surface area contributed by atoms with Gasteiger partial charge in [-0.2, -0.15) is 0 Å². The van der Waals surface area contributed by atoms with Gasteiger partial charge in [-0.05, 0) is 50.0 Å². The van der Waals surface area contributed by atoms with Crippen LogP contribution in [-0.2, 0) is 6.54 Å². The average Bonchev–Trinajstić information content (AvgIpc) is 2.92. The number of halogens is 2. The van der Waals surface area contributed by atoms with E-state index in [9.17, 15) is 4.39 Å². The molecule has 2 fully saturated rings. The van der Waals surface area contributed by atoms with Crippen LogP contribution in [0.4, 0.5) is 4.39 Å². The highest BCUT2D eigenvalue weighted by Crippen LogP contribution is 2.22. The Bertz CT molecular complexity index is 488. The molecule has 1 aromatic carbocycles. The first kappa shape index (κ1) is 15.2. The van der Waals surface area contributed by atoms with Crippen molar-refractivity contribution in [3.8, 4) is 0 Å². The van der Waals surface area contributed by atoms with Crippen LogP contribution in [0.2, 0.25) is 5.02 Å². The Morgan fingerprint density at radius 2 is 1.95 bits per heavy atom. The molecule has 21 heavy (non-hydrogen) atoms. The largest absolute Gasteiger partial charge is 0.328 e. The van der Waals surface area contributed by atoms with Gasteiger partial charge in [0.25, 0.3) is 0 Å². The van der Waals surface area contributed by atoms with Crippen LogP contribution in [0, 0.1) is 5.82 Å². The molecule has 0 aliphatic carbocycles. The summed E-state index contributed by atoms with van der Waals surface area (Å²) in [6.07, 6.45) is 3.42. The van der Waals surface area contributed by atoms with Crippen molar-refractivity contribution in [2.75, 3.05) is 26.2 Å². The van der Waals surface area contributed by atoms with Crippen molar-refractivity contribution in [1.29, 1.82) is 0 Å². The van der Waals surface area contributed by atoms with Crippen molar-refractivity contribution in [1.82, 2.24) is 9.80 Å². The number of benzene rings is 1. The average molecular weight is 312 g/mol. The summed E-state index contributed by atoms with van der Waals surface area (Å²) in [7, 11) is 0. The minimum absolute atomic E-state index is 0.197. The molecule has 0 spiro atoms. The molecule has 2 aliphatic heterocycles. The van der Waals surface area contributed by atoms with E-state index >= 15 is 0 Å². The molecule has 2 aliphatic rings. The SMILES string of the molecule is NC1CCN(C2CCN(Cc3ccc(Cl)c(F)c3)C2)CC1. The molecule has 116 valence electrons. The van der Waals surface area contributed by atoms with E-state index in [-0.39, 0.29) is 10.8 Å². The Balaban J connectivity index is 1.53. The monoisotopic (exact) mass is 311 g/mol. The molecule has 5 heteroatoms. The van der Waals surface area contributed by atoms with Gasteiger partial charge in [0.2, 0.25) is 0 Å². The third-order valence-electron chi connectivity index (χ3n) is 4.73. The van der Waals surface area contributed by atoms with Gasteiger partial charge >= 0.3 is 0 Å². The van der Waals surface area contributed by atoms with E-state index in [4.69, 9.17) is 17.3 Å². The predicted molar refractivity (Wildman–Crippen MR) is 83.9 cm³/mol. The first-order valence-electron chi connectivity index (χ1n) is 7.78. The molecule has 3 nitrogen and oxygen atoms in total. The van der Waals surface area contributed by atoms with Crippen molar-refractivity contribution in [3.63, 3.8) is 0 Å². The van der Waals surface area contributed by atoms with Crippen LogP contribution >= 0.6 is 11.6 Å². The van der Waals surface area contributed by atoms with Gasteiger partial charge in [-0.1, -0.05) is 17.7 Å². The summed E-state index contributed by atoms with van der Waals surface area (Å²) in [6.45, 7) is 5.19. The molecule has 2 saturated heterocycles. The second-order valence-electron chi connectivity index (χ2n) is 6.30. The van der Waals surface area contributed by atoms with Crippen LogP contribution in [0.15, 0.2) is 18.2 Å². The molecule has 0 saturated carbocycles. The van der Waals surface area contributed by atoms with Crippen LogP contribution in [-0.4, -0.2) is 48.1 Å². The second kappa shape index (κ2) is 6.61. The van der Waals surface area contributed by atoms with Gasteiger partial charge in [0.15, 0.2) is 0 Å². The quantitative estimate of drug-likeness (QED) is 0.931. The van der Waals surface area contributed by atoms with Gasteiger partial charge in [0.05, 0.1) is 5.02 Å². The number of nitrogens with two attached hydrogens (primary N) is 1. The maximum atomic E-state index is 13.5. The van der Waals surface area contributed by atoms with Gasteiger partial charge in [-0.15, -0.1) is 0 Å². The van der Waals surface area contributed by atoms with Crippen molar-refractivity contribution in [2.45, 2.75) is 37.9 Å². The lowest BCUT2D eigenvalue weighted by Crippen LogP contribution is -2.46. The number of piperidine rings is 1. The lowest BCUT2D eigenvalue weighted by Gasteiger charge is -2.34. The van der Waals surface area contributed by atoms with Gasteiger partial charge in [-0.3, -0.25) is 9.80 Å². The Labute approximate surface area is 130 Å². The van der Waals surface area contributed by atoms with Gasteiger partial charge in [0, 0.05) is 31.7 Å². The van der Waals surface area contributed by atoms with Crippen molar-refractivity contribution in [2.24, 2.45) is 5.73 Å². The maximum Gasteiger partial charge on any atom is 0.142 e. The van der Waals surface area contributed by atoms with Gasteiger partial charge in [-0.25, -0.2) is 4.39 Å². The van der Waals surface area contributed by atoms with E-state index in [1.165, 1.54) is 6.42 Å². The minimum Gasteiger partial charge on any atom is -0.328 e. The third kappa shape index (κ3) is 3.75. The van der Waals surface area contributed by atoms with Crippen LogP contribution in [0.3, 0.4) is 0 Å². The topological polar surface area (TPSA) is 32.5 Å². The third-order valence-corrected chi connectivity index (χ3v) is 5.03. The summed E-state index contributed by atoms with van der Waals surface area (Å²) in [5.41, 5.74) is 6.97. The molecular weight excluding hydrogens is 289 g/mol. The Morgan fingerprint density at radius 3 is 2.67 bits per heavy atom. The van der Waals surface area contributed by atoms with Crippen LogP contribution < -0.4 is 5.73 Å². The molecule has 0 radical (unpaired) electrons. The Hall–Kier alpha value is -0.680. The standard InChI is InChI=1S/C16H23ClFN3/c17-15-2-1-12(9-16(15)18)10-20-6-5-14(11-20)21-7-3-13(19)4-8-21/h1-2,9,13-14H,3-8,10-11,19H2. The zero-order valence-electron chi connectivity index (χ0n) is 12.3. The van der Waals surface area contributed by atoms with E-state index in [2.05, 4.69) is 9.80 Å². The summed E-state index contributed by atoms with van der Waals surface area (Å²) in [4.78, 5) is 4.98. The number of rotatable bonds is 3. The van der Waals surface area contributed by atoms with E-state index in [1.54, 1.807) is 12.1 Å². The highest BCUT2D eigenvalue weighted by Gasteiger charge is 2.29. The van der Waals surface area contributed by atoms with Crippen LogP contribution in [0.1, 0.15) is 24.8 Å². The molecule has 2 heterocycles. The van der Waals surface area contributed by atoms with E-state index < -0.39 is 0 Å². The second-order valence-corrected chi connectivity index (χ2v) is 6.71. The molecule has 0 bridgehead atoms. The summed E-state index contributed by atoms with van der Waals surface area (Å²) in [6, 6.07) is 6.13. The lowest BCUT2D eigenvalue weighted by atomic mass is 10.0. The maximum absolute atomic E-state index is 13.5. The van der Waals surface area contributed by atoms with Crippen molar-refractivity contribution >= 4 is 11.6 Å². The van der Waals surface area contributed by atoms with Crippen molar-refractivity contribution < 1.29 is 4.39 Å². The molecule has 2 N–H and O–H groups in total. The number of nitrogens with zero attached hydrogens (tertiary/aromatic N) is 2. The number of hydrogen-bond acceptors (Lipinski definition) is 3. The summed E-state index contributed by atoms with van der Waals surface area (Å²) >= 11 is 5.73. The molecule has 1 aromatic rings. The molecule has 1 atom stereocenters. The lowest BCUT2D eigenvalue weighted by molar-refractivity contribution is 0.151. The minimum atomic E-state index is -0.324. The zero-order valence-corrected chi connectivity index (χ0v) is 13.0. The number of likely N-dealkylation sites (tertiary alicyclic amines) is 2.